The monoisotopic (exact) mass is 384 g/mol. The van der Waals surface area contributed by atoms with Gasteiger partial charge in [-0.25, -0.2) is 9.97 Å². The number of hydrogen-bond donors (Lipinski definition) is 0. The molecule has 0 bridgehead atoms. The Hall–Kier alpha value is -1.96. The highest BCUT2D eigenvalue weighted by Gasteiger charge is 2.25. The summed E-state index contributed by atoms with van der Waals surface area (Å²) in [4.78, 5) is 16.0. The summed E-state index contributed by atoms with van der Waals surface area (Å²) in [5, 5.41) is 4.05. The summed E-state index contributed by atoms with van der Waals surface area (Å²) in [6.45, 7) is 4.27. The van der Waals surface area contributed by atoms with E-state index in [9.17, 15) is 0 Å². The van der Waals surface area contributed by atoms with Gasteiger partial charge in [0.1, 0.15) is 22.0 Å². The van der Waals surface area contributed by atoms with Crippen molar-refractivity contribution >= 4 is 28.9 Å². The lowest BCUT2D eigenvalue weighted by Crippen LogP contribution is -2.39. The van der Waals surface area contributed by atoms with Crippen molar-refractivity contribution in [2.24, 2.45) is 0 Å². The molecule has 5 nitrogen and oxygen atoms in total. The summed E-state index contributed by atoms with van der Waals surface area (Å²) >= 11 is 3.37. The van der Waals surface area contributed by atoms with E-state index in [1.807, 2.05) is 25.4 Å². The molecule has 1 aromatic carbocycles. The zero-order valence-electron chi connectivity index (χ0n) is 14.5. The predicted octanol–water partition coefficient (Wildman–Crippen LogP) is 4.11. The number of aryl methyl sites for hydroxylation is 1. The summed E-state index contributed by atoms with van der Waals surface area (Å²) in [6, 6.07) is 10.4. The molecule has 26 heavy (non-hydrogen) atoms. The summed E-state index contributed by atoms with van der Waals surface area (Å²) in [5.74, 6) is 1.80. The van der Waals surface area contributed by atoms with E-state index in [0.717, 1.165) is 40.4 Å². The van der Waals surface area contributed by atoms with Crippen LogP contribution < -0.4 is 4.90 Å². The molecule has 3 aromatic rings. The fourth-order valence-corrected chi connectivity index (χ4v) is 4.45. The van der Waals surface area contributed by atoms with Crippen molar-refractivity contribution in [3.63, 3.8) is 0 Å². The molecule has 3 heterocycles. The Morgan fingerprint density at radius 3 is 2.92 bits per heavy atom. The van der Waals surface area contributed by atoms with Gasteiger partial charge in [0.05, 0.1) is 25.5 Å². The van der Waals surface area contributed by atoms with Gasteiger partial charge in [0, 0.05) is 23.4 Å². The molecular formula is C19H20N4OS2. The average molecular weight is 385 g/mol. The number of morpholine rings is 1. The number of hydrogen-bond acceptors (Lipinski definition) is 7. The number of thiazole rings is 1. The molecule has 1 saturated heterocycles. The fourth-order valence-electron chi connectivity index (χ4n) is 2.82. The molecule has 0 radical (unpaired) electrons. The lowest BCUT2D eigenvalue weighted by Gasteiger charge is -2.32. The summed E-state index contributed by atoms with van der Waals surface area (Å²) in [7, 11) is 0. The van der Waals surface area contributed by atoms with E-state index < -0.39 is 0 Å². The van der Waals surface area contributed by atoms with Gasteiger partial charge in [0.15, 0.2) is 0 Å². The first-order valence-corrected chi connectivity index (χ1v) is 10.4. The first-order valence-electron chi connectivity index (χ1n) is 8.55. The zero-order chi connectivity index (χ0) is 17.8. The predicted molar refractivity (Wildman–Crippen MR) is 106 cm³/mol. The van der Waals surface area contributed by atoms with Crippen LogP contribution in [-0.4, -0.2) is 34.6 Å². The SMILES string of the molecule is Cc1csc(C2CN(c3cncc(SCc4ccccc4)n3)CCO2)n1. The van der Waals surface area contributed by atoms with E-state index >= 15 is 0 Å². The molecule has 2 aromatic heterocycles. The van der Waals surface area contributed by atoms with Crippen LogP contribution in [0.4, 0.5) is 5.82 Å². The second kappa shape index (κ2) is 8.16. The zero-order valence-corrected chi connectivity index (χ0v) is 16.2. The topological polar surface area (TPSA) is 51.1 Å². The molecule has 1 unspecified atom stereocenters. The minimum atomic E-state index is 0.00452. The van der Waals surface area contributed by atoms with Crippen molar-refractivity contribution in [1.82, 2.24) is 15.0 Å². The van der Waals surface area contributed by atoms with Gasteiger partial charge in [0.25, 0.3) is 0 Å². The number of thioether (sulfide) groups is 1. The average Bonchev–Trinajstić information content (AvgIpc) is 3.14. The Labute approximate surface area is 161 Å². The standard InChI is InChI=1S/C19H20N4OS2/c1-14-12-26-19(21-14)16-11-23(7-8-24-16)17-9-20-10-18(22-17)25-13-15-5-3-2-4-6-15/h2-6,9-10,12,16H,7-8,11,13H2,1H3. The van der Waals surface area contributed by atoms with Gasteiger partial charge in [-0.3, -0.25) is 4.98 Å². The van der Waals surface area contributed by atoms with Crippen LogP contribution in [0.15, 0.2) is 53.1 Å². The van der Waals surface area contributed by atoms with Gasteiger partial charge in [-0.05, 0) is 12.5 Å². The van der Waals surface area contributed by atoms with Crippen LogP contribution in [-0.2, 0) is 10.5 Å². The van der Waals surface area contributed by atoms with Crippen LogP contribution >= 0.6 is 23.1 Å². The van der Waals surface area contributed by atoms with Gasteiger partial charge in [-0.1, -0.05) is 30.3 Å². The van der Waals surface area contributed by atoms with E-state index in [2.05, 4.69) is 44.5 Å². The summed E-state index contributed by atoms with van der Waals surface area (Å²) in [6.07, 6.45) is 3.67. The quantitative estimate of drug-likeness (QED) is 0.617. The van der Waals surface area contributed by atoms with Crippen LogP contribution in [0.3, 0.4) is 0 Å². The molecule has 1 fully saturated rings. The first-order chi connectivity index (χ1) is 12.8. The summed E-state index contributed by atoms with van der Waals surface area (Å²) in [5.41, 5.74) is 2.33. The van der Waals surface area contributed by atoms with E-state index in [-0.39, 0.29) is 6.10 Å². The number of rotatable bonds is 5. The maximum Gasteiger partial charge on any atom is 0.148 e. The fraction of sp³-hybridized carbons (Fsp3) is 0.316. The van der Waals surface area contributed by atoms with E-state index in [0.29, 0.717) is 6.61 Å². The van der Waals surface area contributed by atoms with Crippen molar-refractivity contribution < 1.29 is 4.74 Å². The maximum atomic E-state index is 5.92. The van der Waals surface area contributed by atoms with Gasteiger partial charge in [0.2, 0.25) is 0 Å². The lowest BCUT2D eigenvalue weighted by molar-refractivity contribution is 0.0392. The second-order valence-electron chi connectivity index (χ2n) is 6.12. The number of benzene rings is 1. The van der Waals surface area contributed by atoms with Crippen LogP contribution in [0.1, 0.15) is 22.4 Å². The number of nitrogens with zero attached hydrogens (tertiary/aromatic N) is 4. The van der Waals surface area contributed by atoms with Gasteiger partial charge >= 0.3 is 0 Å². The molecule has 134 valence electrons. The third-order valence-electron chi connectivity index (χ3n) is 4.13. The highest BCUT2D eigenvalue weighted by Crippen LogP contribution is 2.28. The van der Waals surface area contributed by atoms with Gasteiger partial charge in [-0.15, -0.1) is 23.1 Å². The Balaban J connectivity index is 1.43. The minimum Gasteiger partial charge on any atom is -0.367 e. The highest BCUT2D eigenvalue weighted by molar-refractivity contribution is 7.98. The molecule has 0 N–H and O–H groups in total. The summed E-state index contributed by atoms with van der Waals surface area (Å²) < 4.78 is 5.92. The number of anilines is 1. The van der Waals surface area contributed by atoms with Crippen LogP contribution in [0.2, 0.25) is 0 Å². The van der Waals surface area contributed by atoms with E-state index in [1.165, 1.54) is 5.56 Å². The van der Waals surface area contributed by atoms with Crippen molar-refractivity contribution in [2.45, 2.75) is 23.8 Å². The van der Waals surface area contributed by atoms with Gasteiger partial charge in [-0.2, -0.15) is 0 Å². The molecule has 1 aliphatic rings. The third kappa shape index (κ3) is 4.23. The third-order valence-corrected chi connectivity index (χ3v) is 6.16. The van der Waals surface area contributed by atoms with Crippen LogP contribution in [0, 0.1) is 6.92 Å². The normalized spacial score (nSPS) is 17.4. The Bertz CT molecular complexity index is 856. The van der Waals surface area contributed by atoms with Crippen molar-refractivity contribution in [2.75, 3.05) is 24.6 Å². The smallest absolute Gasteiger partial charge is 0.148 e. The Morgan fingerprint density at radius 1 is 1.23 bits per heavy atom. The molecule has 0 aliphatic carbocycles. The molecule has 7 heteroatoms. The van der Waals surface area contributed by atoms with Crippen molar-refractivity contribution in [3.05, 3.63) is 64.4 Å². The van der Waals surface area contributed by atoms with Crippen molar-refractivity contribution in [1.29, 1.82) is 0 Å². The second-order valence-corrected chi connectivity index (χ2v) is 8.01. The Morgan fingerprint density at radius 2 is 2.12 bits per heavy atom. The van der Waals surface area contributed by atoms with Gasteiger partial charge < -0.3 is 9.64 Å². The number of aromatic nitrogens is 3. The molecule has 0 spiro atoms. The molecule has 4 rings (SSSR count). The molecule has 1 aliphatic heterocycles. The molecule has 0 amide bonds. The minimum absolute atomic E-state index is 0.00452. The Kier molecular flexibility index (Phi) is 5.48. The first kappa shape index (κ1) is 17.5. The maximum absolute atomic E-state index is 5.92. The molecule has 1 atom stereocenters. The van der Waals surface area contributed by atoms with Crippen LogP contribution in [0.5, 0.6) is 0 Å². The van der Waals surface area contributed by atoms with Crippen molar-refractivity contribution in [3.8, 4) is 0 Å². The largest absolute Gasteiger partial charge is 0.367 e. The number of ether oxygens (including phenoxy) is 1. The highest BCUT2D eigenvalue weighted by atomic mass is 32.2. The van der Waals surface area contributed by atoms with E-state index in [1.54, 1.807) is 23.1 Å². The molecular weight excluding hydrogens is 364 g/mol. The molecule has 0 saturated carbocycles. The lowest BCUT2D eigenvalue weighted by atomic mass is 10.2. The van der Waals surface area contributed by atoms with E-state index in [4.69, 9.17) is 9.72 Å². The van der Waals surface area contributed by atoms with Crippen LogP contribution in [0.25, 0.3) is 0 Å².